The molecule has 0 radical (unpaired) electrons. The molecule has 2 rings (SSSR count). The fourth-order valence-electron chi connectivity index (χ4n) is 1.66. The first-order chi connectivity index (χ1) is 9.83. The van der Waals surface area contributed by atoms with E-state index in [0.29, 0.717) is 20.6 Å². The Bertz CT molecular complexity index is 781. The summed E-state index contributed by atoms with van der Waals surface area (Å²) in [7, 11) is -2.22. The van der Waals surface area contributed by atoms with Crippen LogP contribution in [0.25, 0.3) is 0 Å². The molecule has 0 unspecified atom stereocenters. The maximum absolute atomic E-state index is 13.1. The van der Waals surface area contributed by atoms with Crippen LogP contribution >= 0.6 is 22.6 Å². The first kappa shape index (κ1) is 16.0. The van der Waals surface area contributed by atoms with Gasteiger partial charge in [0, 0.05) is 3.57 Å². The van der Waals surface area contributed by atoms with Crippen LogP contribution in [0.5, 0.6) is 0 Å². The van der Waals surface area contributed by atoms with Gasteiger partial charge in [-0.15, -0.1) is 0 Å². The molecule has 0 bridgehead atoms. The molecule has 0 saturated carbocycles. The number of nitrogen functional groups attached to an aromatic ring is 1. The van der Waals surface area contributed by atoms with E-state index in [4.69, 9.17) is 5.73 Å². The molecule has 21 heavy (non-hydrogen) atoms. The molecule has 0 fully saturated rings. The molecule has 0 aliphatic heterocycles. The number of nitrogens with two attached hydrogens (primary N) is 1. The Morgan fingerprint density at radius 2 is 1.86 bits per heavy atom. The Balaban J connectivity index is 2.42. The minimum Gasteiger partial charge on any atom is -0.397 e. The number of halogens is 2. The third kappa shape index (κ3) is 3.63. The number of anilines is 3. The molecule has 0 aliphatic rings. The number of rotatable bonds is 4. The quantitative estimate of drug-likeness (QED) is 0.524. The lowest BCUT2D eigenvalue weighted by atomic mass is 10.2. The first-order valence-corrected chi connectivity index (χ1v) is 8.45. The van der Waals surface area contributed by atoms with Crippen molar-refractivity contribution in [1.29, 1.82) is 0 Å². The van der Waals surface area contributed by atoms with Gasteiger partial charge in [-0.05, 0) is 66.0 Å². The van der Waals surface area contributed by atoms with Gasteiger partial charge < -0.3 is 11.1 Å². The van der Waals surface area contributed by atoms with Gasteiger partial charge in [0.05, 0.1) is 22.0 Å². The summed E-state index contributed by atoms with van der Waals surface area (Å²) in [6, 6.07) is 8.60. The minimum absolute atomic E-state index is 0.0961. The molecule has 0 aromatic heterocycles. The van der Waals surface area contributed by atoms with E-state index in [1.54, 1.807) is 6.07 Å². The Kier molecular flexibility index (Phi) is 4.69. The molecule has 0 spiro atoms. The maximum atomic E-state index is 13.1. The summed E-state index contributed by atoms with van der Waals surface area (Å²) in [4.78, 5) is 0.0961. The molecular formula is C13H13FIN3O2S. The monoisotopic (exact) mass is 421 g/mol. The van der Waals surface area contributed by atoms with E-state index >= 15 is 0 Å². The number of hydrogen-bond donors (Lipinski definition) is 3. The zero-order valence-electron chi connectivity index (χ0n) is 11.0. The standard InChI is InChI=1S/C13H13FIN3O2S/c1-17-21(19,20)9-3-4-11(16)13(7-9)18-12-5-2-8(14)6-10(12)15/h2-7,17-18H,16H2,1H3. The zero-order chi connectivity index (χ0) is 15.6. The van der Waals surface area contributed by atoms with Crippen molar-refractivity contribution in [3.8, 4) is 0 Å². The first-order valence-electron chi connectivity index (χ1n) is 5.88. The number of hydrogen-bond acceptors (Lipinski definition) is 4. The Labute approximate surface area is 135 Å². The van der Waals surface area contributed by atoms with Gasteiger partial charge in [0.2, 0.25) is 10.0 Å². The molecule has 0 aliphatic carbocycles. The van der Waals surface area contributed by atoms with Crippen LogP contribution in [0.4, 0.5) is 21.5 Å². The van der Waals surface area contributed by atoms with Gasteiger partial charge in [-0.1, -0.05) is 0 Å². The van der Waals surface area contributed by atoms with E-state index < -0.39 is 10.0 Å². The third-order valence-corrected chi connectivity index (χ3v) is 5.11. The Morgan fingerprint density at radius 3 is 2.48 bits per heavy atom. The summed E-state index contributed by atoms with van der Waals surface area (Å²) in [6.45, 7) is 0. The highest BCUT2D eigenvalue weighted by molar-refractivity contribution is 14.1. The maximum Gasteiger partial charge on any atom is 0.240 e. The van der Waals surface area contributed by atoms with E-state index in [2.05, 4.69) is 10.0 Å². The Morgan fingerprint density at radius 1 is 1.14 bits per heavy atom. The average Bonchev–Trinajstić information content (AvgIpc) is 2.43. The van der Waals surface area contributed by atoms with Crippen LogP contribution in [0, 0.1) is 9.39 Å². The van der Waals surface area contributed by atoms with E-state index in [9.17, 15) is 12.8 Å². The highest BCUT2D eigenvalue weighted by atomic mass is 127. The molecule has 0 amide bonds. The fraction of sp³-hybridized carbons (Fsp3) is 0.0769. The largest absolute Gasteiger partial charge is 0.397 e. The van der Waals surface area contributed by atoms with Crippen LogP contribution in [0.1, 0.15) is 0 Å². The minimum atomic E-state index is -3.55. The topological polar surface area (TPSA) is 84.2 Å². The van der Waals surface area contributed by atoms with Crippen LogP contribution in [0.15, 0.2) is 41.3 Å². The van der Waals surface area contributed by atoms with Crippen molar-refractivity contribution in [1.82, 2.24) is 4.72 Å². The lowest BCUT2D eigenvalue weighted by Gasteiger charge is -2.13. The summed E-state index contributed by atoms with van der Waals surface area (Å²) < 4.78 is 39.6. The zero-order valence-corrected chi connectivity index (χ0v) is 14.0. The van der Waals surface area contributed by atoms with Gasteiger partial charge in [0.25, 0.3) is 0 Å². The summed E-state index contributed by atoms with van der Waals surface area (Å²) in [6.07, 6.45) is 0. The lowest BCUT2D eigenvalue weighted by Crippen LogP contribution is -2.18. The van der Waals surface area contributed by atoms with Crippen LogP contribution in [0.3, 0.4) is 0 Å². The van der Waals surface area contributed by atoms with Crippen molar-refractivity contribution < 1.29 is 12.8 Å². The van der Waals surface area contributed by atoms with Gasteiger partial charge in [-0.2, -0.15) is 0 Å². The van der Waals surface area contributed by atoms with Crippen LogP contribution in [-0.4, -0.2) is 15.5 Å². The van der Waals surface area contributed by atoms with E-state index in [-0.39, 0.29) is 10.7 Å². The van der Waals surface area contributed by atoms with Gasteiger partial charge >= 0.3 is 0 Å². The molecule has 2 aromatic rings. The molecule has 5 nitrogen and oxygen atoms in total. The molecular weight excluding hydrogens is 408 g/mol. The van der Waals surface area contributed by atoms with E-state index in [1.807, 2.05) is 22.6 Å². The van der Waals surface area contributed by atoms with Crippen molar-refractivity contribution in [2.75, 3.05) is 18.1 Å². The predicted octanol–water partition coefficient (Wildman–Crippen LogP) is 2.66. The molecule has 0 heterocycles. The molecule has 0 saturated heterocycles. The molecule has 2 aromatic carbocycles. The van der Waals surface area contributed by atoms with Gasteiger partial charge in [-0.25, -0.2) is 17.5 Å². The second kappa shape index (κ2) is 6.16. The normalized spacial score (nSPS) is 11.4. The van der Waals surface area contributed by atoms with Crippen molar-refractivity contribution in [3.05, 3.63) is 45.8 Å². The summed E-state index contributed by atoms with van der Waals surface area (Å²) in [5, 5.41) is 3.01. The van der Waals surface area contributed by atoms with E-state index in [1.165, 1.54) is 37.4 Å². The highest BCUT2D eigenvalue weighted by Gasteiger charge is 2.14. The number of benzene rings is 2. The molecule has 8 heteroatoms. The molecule has 0 atom stereocenters. The number of sulfonamides is 1. The smallest absolute Gasteiger partial charge is 0.240 e. The van der Waals surface area contributed by atoms with Gasteiger partial charge in [-0.3, -0.25) is 0 Å². The van der Waals surface area contributed by atoms with Crippen molar-refractivity contribution in [2.45, 2.75) is 4.90 Å². The van der Waals surface area contributed by atoms with Crippen molar-refractivity contribution in [3.63, 3.8) is 0 Å². The van der Waals surface area contributed by atoms with Crippen LogP contribution in [0.2, 0.25) is 0 Å². The third-order valence-electron chi connectivity index (χ3n) is 2.80. The van der Waals surface area contributed by atoms with Crippen LogP contribution < -0.4 is 15.8 Å². The summed E-state index contributed by atoms with van der Waals surface area (Å²) >= 11 is 1.98. The lowest BCUT2D eigenvalue weighted by molar-refractivity contribution is 0.588. The highest BCUT2D eigenvalue weighted by Crippen LogP contribution is 2.29. The molecule has 4 N–H and O–H groups in total. The predicted molar refractivity (Wildman–Crippen MR) is 89.5 cm³/mol. The SMILES string of the molecule is CNS(=O)(=O)c1ccc(N)c(Nc2ccc(F)cc2I)c1. The second-order valence-electron chi connectivity index (χ2n) is 4.21. The van der Waals surface area contributed by atoms with Crippen LogP contribution in [-0.2, 0) is 10.0 Å². The van der Waals surface area contributed by atoms with Gasteiger partial charge in [0.15, 0.2) is 0 Å². The number of nitrogens with one attached hydrogen (secondary N) is 2. The molecule has 112 valence electrons. The average molecular weight is 421 g/mol. The summed E-state index contributed by atoms with van der Waals surface area (Å²) in [5.74, 6) is -0.343. The van der Waals surface area contributed by atoms with Crippen molar-refractivity contribution >= 4 is 49.7 Å². The fourth-order valence-corrected chi connectivity index (χ4v) is 3.03. The van der Waals surface area contributed by atoms with Crippen molar-refractivity contribution in [2.24, 2.45) is 0 Å². The summed E-state index contributed by atoms with van der Waals surface area (Å²) in [5.41, 5.74) is 7.32. The van der Waals surface area contributed by atoms with Gasteiger partial charge in [0.1, 0.15) is 5.82 Å². The van der Waals surface area contributed by atoms with E-state index in [0.717, 1.165) is 0 Å². The second-order valence-corrected chi connectivity index (χ2v) is 7.25. The Hall–Kier alpha value is -1.39.